The van der Waals surface area contributed by atoms with Crippen LogP contribution in [0, 0.1) is 0 Å². The van der Waals surface area contributed by atoms with E-state index in [2.05, 4.69) is 13.8 Å². The summed E-state index contributed by atoms with van der Waals surface area (Å²) >= 11 is 0. The van der Waals surface area contributed by atoms with Crippen LogP contribution >= 0.6 is 0 Å². The van der Waals surface area contributed by atoms with Gasteiger partial charge in [-0.15, -0.1) is 0 Å². The second kappa shape index (κ2) is 32.0. The molecular formula is C38H74N2O3. The second-order valence-electron chi connectivity index (χ2n) is 13.4. The minimum atomic E-state index is -0.140. The van der Waals surface area contributed by atoms with Crippen molar-refractivity contribution >= 4 is 17.6 Å². The van der Waals surface area contributed by atoms with Crippen molar-refractivity contribution in [1.29, 1.82) is 0 Å². The van der Waals surface area contributed by atoms with E-state index in [0.717, 1.165) is 25.7 Å². The summed E-state index contributed by atoms with van der Waals surface area (Å²) in [7, 11) is 1.66. The van der Waals surface area contributed by atoms with E-state index in [9.17, 15) is 14.4 Å². The fraction of sp³-hybridized carbons (Fsp3) is 0.921. The molecule has 5 nitrogen and oxygen atoms in total. The average molecular weight is 607 g/mol. The number of unbranched alkanes of at least 4 members (excludes halogenated alkanes) is 25. The zero-order chi connectivity index (χ0) is 31.8. The normalized spacial score (nSPS) is 11.2. The first kappa shape index (κ1) is 41.6. The van der Waals surface area contributed by atoms with Gasteiger partial charge in [0.05, 0.1) is 13.1 Å². The van der Waals surface area contributed by atoms with Gasteiger partial charge in [-0.3, -0.25) is 14.4 Å². The predicted molar refractivity (Wildman–Crippen MR) is 186 cm³/mol. The highest BCUT2D eigenvalue weighted by Gasteiger charge is 2.19. The van der Waals surface area contributed by atoms with Gasteiger partial charge in [0, 0.05) is 20.0 Å². The van der Waals surface area contributed by atoms with Crippen molar-refractivity contribution in [2.45, 2.75) is 201 Å². The summed E-state index contributed by atoms with van der Waals surface area (Å²) in [6.07, 6.45) is 35.5. The largest absolute Gasteiger partial charge is 0.337 e. The first-order valence-electron chi connectivity index (χ1n) is 18.9. The number of ketones is 1. The number of rotatable bonds is 33. The molecule has 0 aromatic carbocycles. The zero-order valence-electron chi connectivity index (χ0n) is 29.5. The number of Topliss-reactive ketones (excluding diaryl/α,β-unsaturated/α-hetero) is 1. The molecule has 0 atom stereocenters. The van der Waals surface area contributed by atoms with Gasteiger partial charge in [0.15, 0.2) is 0 Å². The molecule has 0 radical (unpaired) electrons. The average Bonchev–Trinajstić information content (AvgIpc) is 2.98. The lowest BCUT2D eigenvalue weighted by Gasteiger charge is -2.25. The third kappa shape index (κ3) is 29.1. The van der Waals surface area contributed by atoms with Crippen LogP contribution in [0.5, 0.6) is 0 Å². The minimum Gasteiger partial charge on any atom is -0.337 e. The number of carbonyl (C=O) groups excluding carboxylic acids is 3. The fourth-order valence-corrected chi connectivity index (χ4v) is 5.95. The molecule has 0 aliphatic heterocycles. The molecule has 0 heterocycles. The highest BCUT2D eigenvalue weighted by atomic mass is 16.2. The SMILES string of the molecule is CCCCCCCCCCCCCCCCN(CC(=O)N(C)CC(C)=O)C(=O)CCCCCCCCCCCCCCC. The smallest absolute Gasteiger partial charge is 0.242 e. The molecule has 0 bridgehead atoms. The van der Waals surface area contributed by atoms with Crippen molar-refractivity contribution in [1.82, 2.24) is 9.80 Å². The Hall–Kier alpha value is -1.39. The van der Waals surface area contributed by atoms with Gasteiger partial charge in [-0.2, -0.15) is 0 Å². The van der Waals surface area contributed by atoms with Crippen molar-refractivity contribution in [2.24, 2.45) is 0 Å². The van der Waals surface area contributed by atoms with E-state index in [1.165, 1.54) is 160 Å². The van der Waals surface area contributed by atoms with Gasteiger partial charge in [0.2, 0.25) is 11.8 Å². The van der Waals surface area contributed by atoms with E-state index < -0.39 is 0 Å². The Balaban J connectivity index is 4.13. The molecule has 254 valence electrons. The monoisotopic (exact) mass is 607 g/mol. The third-order valence-electron chi connectivity index (χ3n) is 8.84. The van der Waals surface area contributed by atoms with Crippen LogP contribution in [0.2, 0.25) is 0 Å². The van der Waals surface area contributed by atoms with Crippen molar-refractivity contribution < 1.29 is 14.4 Å². The van der Waals surface area contributed by atoms with Gasteiger partial charge in [0.25, 0.3) is 0 Å². The molecule has 0 N–H and O–H groups in total. The Morgan fingerprint density at radius 2 is 0.744 bits per heavy atom. The molecule has 0 aromatic heterocycles. The van der Waals surface area contributed by atoms with Gasteiger partial charge in [0.1, 0.15) is 5.78 Å². The molecule has 0 saturated heterocycles. The first-order chi connectivity index (χ1) is 20.9. The molecule has 0 spiro atoms. The van der Waals surface area contributed by atoms with E-state index in [-0.39, 0.29) is 30.7 Å². The fourth-order valence-electron chi connectivity index (χ4n) is 5.95. The van der Waals surface area contributed by atoms with E-state index in [1.807, 2.05) is 0 Å². The molecule has 0 aliphatic rings. The van der Waals surface area contributed by atoms with Crippen molar-refractivity contribution in [2.75, 3.05) is 26.7 Å². The molecule has 0 fully saturated rings. The van der Waals surface area contributed by atoms with Crippen LogP contribution in [-0.2, 0) is 14.4 Å². The van der Waals surface area contributed by atoms with Crippen LogP contribution in [0.25, 0.3) is 0 Å². The van der Waals surface area contributed by atoms with Gasteiger partial charge < -0.3 is 9.80 Å². The van der Waals surface area contributed by atoms with E-state index >= 15 is 0 Å². The predicted octanol–water partition coefficient (Wildman–Crippen LogP) is 10.8. The number of likely N-dealkylation sites (N-methyl/N-ethyl adjacent to an activating group) is 1. The molecule has 0 unspecified atom stereocenters. The van der Waals surface area contributed by atoms with Crippen LogP contribution in [0.3, 0.4) is 0 Å². The first-order valence-corrected chi connectivity index (χ1v) is 18.9. The Bertz CT molecular complexity index is 651. The number of carbonyl (C=O) groups is 3. The van der Waals surface area contributed by atoms with Crippen LogP contribution in [0.4, 0.5) is 0 Å². The zero-order valence-corrected chi connectivity index (χ0v) is 29.5. The summed E-state index contributed by atoms with van der Waals surface area (Å²) in [5.41, 5.74) is 0. The summed E-state index contributed by atoms with van der Waals surface area (Å²) in [4.78, 5) is 40.5. The maximum atomic E-state index is 13.1. The van der Waals surface area contributed by atoms with Crippen LogP contribution in [-0.4, -0.2) is 54.1 Å². The molecule has 43 heavy (non-hydrogen) atoms. The molecule has 0 saturated carbocycles. The molecule has 0 rings (SSSR count). The summed E-state index contributed by atoms with van der Waals surface area (Å²) in [5, 5.41) is 0. The Kier molecular flexibility index (Phi) is 31.0. The second-order valence-corrected chi connectivity index (χ2v) is 13.4. The maximum absolute atomic E-state index is 13.1. The Morgan fingerprint density at radius 3 is 1.09 bits per heavy atom. The lowest BCUT2D eigenvalue weighted by Crippen LogP contribution is -2.43. The van der Waals surface area contributed by atoms with Crippen molar-refractivity contribution in [3.8, 4) is 0 Å². The lowest BCUT2D eigenvalue weighted by atomic mass is 10.0. The molecular weight excluding hydrogens is 532 g/mol. The number of nitrogens with zero attached hydrogens (tertiary/aromatic N) is 2. The third-order valence-corrected chi connectivity index (χ3v) is 8.84. The van der Waals surface area contributed by atoms with Crippen molar-refractivity contribution in [3.05, 3.63) is 0 Å². The van der Waals surface area contributed by atoms with Gasteiger partial charge in [-0.05, 0) is 19.8 Å². The Morgan fingerprint density at radius 1 is 0.419 bits per heavy atom. The van der Waals surface area contributed by atoms with Gasteiger partial charge in [-0.25, -0.2) is 0 Å². The lowest BCUT2D eigenvalue weighted by molar-refractivity contribution is -0.141. The summed E-state index contributed by atoms with van der Waals surface area (Å²) < 4.78 is 0. The summed E-state index contributed by atoms with van der Waals surface area (Å²) in [6, 6.07) is 0. The highest BCUT2D eigenvalue weighted by molar-refractivity contribution is 5.88. The van der Waals surface area contributed by atoms with Crippen LogP contribution < -0.4 is 0 Å². The number of hydrogen-bond donors (Lipinski definition) is 0. The van der Waals surface area contributed by atoms with Crippen molar-refractivity contribution in [3.63, 3.8) is 0 Å². The summed E-state index contributed by atoms with van der Waals surface area (Å²) in [5.74, 6) is -0.0747. The quantitative estimate of drug-likeness (QED) is 0.0698. The summed E-state index contributed by atoms with van der Waals surface area (Å²) in [6.45, 7) is 6.89. The maximum Gasteiger partial charge on any atom is 0.242 e. The molecule has 5 heteroatoms. The van der Waals surface area contributed by atoms with E-state index in [0.29, 0.717) is 13.0 Å². The molecule has 0 aliphatic carbocycles. The van der Waals surface area contributed by atoms with Gasteiger partial charge in [-0.1, -0.05) is 174 Å². The standard InChI is InChI=1S/C38H74N2O3/c1-5-7-9-11-13-15-17-19-21-23-25-27-29-31-33-40(35-38(43)39(4)34-36(3)41)37(42)32-30-28-26-24-22-20-18-16-14-12-10-8-6-2/h5-35H2,1-4H3. The molecule has 0 aromatic rings. The molecule has 2 amide bonds. The van der Waals surface area contributed by atoms with E-state index in [4.69, 9.17) is 0 Å². The minimum absolute atomic E-state index is 0.0346. The van der Waals surface area contributed by atoms with Crippen LogP contribution in [0.1, 0.15) is 201 Å². The topological polar surface area (TPSA) is 57.7 Å². The van der Waals surface area contributed by atoms with Crippen LogP contribution in [0.15, 0.2) is 0 Å². The Labute approximate surface area is 268 Å². The van der Waals surface area contributed by atoms with Gasteiger partial charge >= 0.3 is 0 Å². The highest BCUT2D eigenvalue weighted by Crippen LogP contribution is 2.15. The van der Waals surface area contributed by atoms with E-state index in [1.54, 1.807) is 11.9 Å². The number of amides is 2. The number of hydrogen-bond acceptors (Lipinski definition) is 3.